The maximum Gasteiger partial charge on any atom is 0.180 e. The third-order valence-electron chi connectivity index (χ3n) is 1.49. The van der Waals surface area contributed by atoms with Crippen LogP contribution >= 0.6 is 0 Å². The summed E-state index contributed by atoms with van der Waals surface area (Å²) in [6.45, 7) is 3.28. The van der Waals surface area contributed by atoms with Crippen LogP contribution in [0.15, 0.2) is 11.6 Å². The molecule has 0 spiro atoms. The first-order valence-corrected chi connectivity index (χ1v) is 3.64. The first kappa shape index (κ1) is 8.25. The lowest BCUT2D eigenvalue weighted by molar-refractivity contribution is -0.156. The number of allylic oxidation sites excluding steroid dienone is 1. The fourth-order valence-corrected chi connectivity index (χ4v) is 0.921. The second kappa shape index (κ2) is 4.12. The highest BCUT2D eigenvalue weighted by Crippen LogP contribution is 2.12. The number of hydrogen-bond acceptors (Lipinski definition) is 3. The van der Waals surface area contributed by atoms with Crippen molar-refractivity contribution in [2.45, 2.75) is 19.6 Å². The van der Waals surface area contributed by atoms with Gasteiger partial charge in [-0.3, -0.25) is 0 Å². The van der Waals surface area contributed by atoms with Gasteiger partial charge in [0.2, 0.25) is 0 Å². The molecule has 60 valence electrons. The predicted molar refractivity (Wildman–Crippen MR) is 39.7 cm³/mol. The summed E-state index contributed by atoms with van der Waals surface area (Å²) in [5, 5.41) is 8.33. The van der Waals surface area contributed by atoms with E-state index in [1.54, 1.807) is 0 Å². The fraction of sp³-hybridized carbons (Fsp3) is 0.625. The van der Waals surface area contributed by atoms with Gasteiger partial charge >= 0.3 is 0 Å². The molecular formula is C8H11NO2. The van der Waals surface area contributed by atoms with Crippen LogP contribution in [0.4, 0.5) is 0 Å². The summed E-state index contributed by atoms with van der Waals surface area (Å²) in [5.41, 5.74) is 0.840. The Morgan fingerprint density at radius 1 is 1.55 bits per heavy atom. The van der Waals surface area contributed by atoms with E-state index in [1.807, 2.05) is 13.0 Å². The molecule has 0 amide bonds. The fourth-order valence-electron chi connectivity index (χ4n) is 0.921. The van der Waals surface area contributed by atoms with E-state index < -0.39 is 0 Å². The molecule has 3 nitrogen and oxygen atoms in total. The van der Waals surface area contributed by atoms with E-state index in [0.29, 0.717) is 0 Å². The van der Waals surface area contributed by atoms with Crippen molar-refractivity contribution in [3.05, 3.63) is 11.6 Å². The van der Waals surface area contributed by atoms with Crippen molar-refractivity contribution in [2.24, 2.45) is 0 Å². The third kappa shape index (κ3) is 2.34. The van der Waals surface area contributed by atoms with Gasteiger partial charge in [-0.15, -0.1) is 0 Å². The first-order chi connectivity index (χ1) is 5.34. The average Bonchev–Trinajstić information content (AvgIpc) is 2.07. The summed E-state index contributed by atoms with van der Waals surface area (Å²) < 4.78 is 10.5. The second-order valence-corrected chi connectivity index (χ2v) is 2.44. The molecule has 1 heterocycles. The molecule has 3 heteroatoms. The monoisotopic (exact) mass is 153 g/mol. The van der Waals surface area contributed by atoms with E-state index in [-0.39, 0.29) is 6.29 Å². The van der Waals surface area contributed by atoms with Crippen LogP contribution in [-0.4, -0.2) is 19.5 Å². The molecule has 0 aromatic heterocycles. The summed E-state index contributed by atoms with van der Waals surface area (Å²) >= 11 is 0. The number of nitriles is 1. The zero-order valence-electron chi connectivity index (χ0n) is 6.54. The third-order valence-corrected chi connectivity index (χ3v) is 1.49. The Bertz CT molecular complexity index is 187. The Morgan fingerprint density at radius 3 is 2.73 bits per heavy atom. The van der Waals surface area contributed by atoms with E-state index in [4.69, 9.17) is 14.7 Å². The summed E-state index contributed by atoms with van der Waals surface area (Å²) in [6, 6.07) is 1.94. The van der Waals surface area contributed by atoms with Crippen LogP contribution in [0.2, 0.25) is 0 Å². The van der Waals surface area contributed by atoms with Gasteiger partial charge in [0.05, 0.1) is 19.3 Å². The standard InChI is InChI=1S/C8H11NO2/c1-7(3-4-9)8-10-5-2-6-11-8/h3,8H,2,5-6H2,1H3. The highest BCUT2D eigenvalue weighted by atomic mass is 16.7. The van der Waals surface area contributed by atoms with Gasteiger partial charge in [-0.25, -0.2) is 0 Å². The van der Waals surface area contributed by atoms with Gasteiger partial charge in [-0.2, -0.15) is 5.26 Å². The predicted octanol–water partition coefficient (Wildman–Crippen LogP) is 1.22. The zero-order valence-corrected chi connectivity index (χ0v) is 6.54. The first-order valence-electron chi connectivity index (χ1n) is 3.64. The highest BCUT2D eigenvalue weighted by Gasteiger charge is 2.15. The minimum absolute atomic E-state index is 0.289. The van der Waals surface area contributed by atoms with Gasteiger partial charge in [-0.1, -0.05) is 0 Å². The van der Waals surface area contributed by atoms with Crippen LogP contribution in [0.1, 0.15) is 13.3 Å². The molecule has 1 saturated heterocycles. The van der Waals surface area contributed by atoms with E-state index in [9.17, 15) is 0 Å². The Balaban J connectivity index is 2.46. The normalized spacial score (nSPS) is 21.3. The van der Waals surface area contributed by atoms with Crippen LogP contribution in [0.5, 0.6) is 0 Å². The van der Waals surface area contributed by atoms with Gasteiger partial charge in [0.25, 0.3) is 0 Å². The SMILES string of the molecule is CC(=CC#N)C1OCCCO1. The van der Waals surface area contributed by atoms with E-state index >= 15 is 0 Å². The molecule has 0 aromatic carbocycles. The summed E-state index contributed by atoms with van der Waals surface area (Å²) in [5.74, 6) is 0. The van der Waals surface area contributed by atoms with E-state index in [2.05, 4.69) is 0 Å². The van der Waals surface area contributed by atoms with E-state index in [0.717, 1.165) is 25.2 Å². The molecule has 0 aliphatic carbocycles. The molecule has 1 rings (SSSR count). The highest BCUT2D eigenvalue weighted by molar-refractivity contribution is 5.13. The van der Waals surface area contributed by atoms with Crippen LogP contribution in [0.3, 0.4) is 0 Å². The van der Waals surface area contributed by atoms with Gasteiger partial charge < -0.3 is 9.47 Å². The quantitative estimate of drug-likeness (QED) is 0.532. The maximum atomic E-state index is 8.33. The molecule has 11 heavy (non-hydrogen) atoms. The van der Waals surface area contributed by atoms with Gasteiger partial charge in [0.1, 0.15) is 0 Å². The van der Waals surface area contributed by atoms with Gasteiger partial charge in [0, 0.05) is 6.08 Å². The molecule has 0 saturated carbocycles. The average molecular weight is 153 g/mol. The van der Waals surface area contributed by atoms with Crippen LogP contribution in [0.25, 0.3) is 0 Å². The molecule has 0 unspecified atom stereocenters. The van der Waals surface area contributed by atoms with Crippen LogP contribution in [-0.2, 0) is 9.47 Å². The minimum atomic E-state index is -0.289. The molecule has 1 aliphatic heterocycles. The number of ether oxygens (including phenoxy) is 2. The minimum Gasteiger partial charge on any atom is -0.349 e. The van der Waals surface area contributed by atoms with Gasteiger partial charge in [0.15, 0.2) is 6.29 Å². The van der Waals surface area contributed by atoms with Gasteiger partial charge in [-0.05, 0) is 18.9 Å². The zero-order chi connectivity index (χ0) is 8.10. The molecule has 0 atom stereocenters. The van der Waals surface area contributed by atoms with Crippen molar-refractivity contribution in [3.8, 4) is 6.07 Å². The molecule has 0 aromatic rings. The largest absolute Gasteiger partial charge is 0.349 e. The molecule has 0 radical (unpaired) electrons. The molecule has 0 N–H and O–H groups in total. The Morgan fingerprint density at radius 2 is 2.18 bits per heavy atom. The number of rotatable bonds is 1. The van der Waals surface area contributed by atoms with E-state index in [1.165, 1.54) is 6.08 Å². The van der Waals surface area contributed by atoms with Crippen molar-refractivity contribution in [1.29, 1.82) is 5.26 Å². The Hall–Kier alpha value is -0.850. The molecule has 0 bridgehead atoms. The summed E-state index contributed by atoms with van der Waals surface area (Å²) in [7, 11) is 0. The van der Waals surface area contributed by atoms with Crippen molar-refractivity contribution < 1.29 is 9.47 Å². The number of nitrogens with zero attached hydrogens (tertiary/aromatic N) is 1. The van der Waals surface area contributed by atoms with Crippen molar-refractivity contribution in [3.63, 3.8) is 0 Å². The summed E-state index contributed by atoms with van der Waals surface area (Å²) in [6.07, 6.45) is 2.11. The summed E-state index contributed by atoms with van der Waals surface area (Å²) in [4.78, 5) is 0. The van der Waals surface area contributed by atoms with Crippen molar-refractivity contribution in [2.75, 3.05) is 13.2 Å². The Labute approximate surface area is 66.2 Å². The topological polar surface area (TPSA) is 42.2 Å². The molecule has 1 fully saturated rings. The van der Waals surface area contributed by atoms with Crippen molar-refractivity contribution >= 4 is 0 Å². The van der Waals surface area contributed by atoms with Crippen LogP contribution < -0.4 is 0 Å². The smallest absolute Gasteiger partial charge is 0.180 e. The Kier molecular flexibility index (Phi) is 3.09. The second-order valence-electron chi connectivity index (χ2n) is 2.44. The van der Waals surface area contributed by atoms with Crippen molar-refractivity contribution in [1.82, 2.24) is 0 Å². The lowest BCUT2D eigenvalue weighted by Gasteiger charge is -2.23. The molecule has 1 aliphatic rings. The maximum absolute atomic E-state index is 8.33. The number of hydrogen-bond donors (Lipinski definition) is 0. The molecular weight excluding hydrogens is 142 g/mol. The van der Waals surface area contributed by atoms with Crippen LogP contribution in [0, 0.1) is 11.3 Å². The lowest BCUT2D eigenvalue weighted by Crippen LogP contribution is -2.25. The lowest BCUT2D eigenvalue weighted by atomic mass is 10.2.